The van der Waals surface area contributed by atoms with E-state index in [2.05, 4.69) is 10.2 Å². The molecule has 4 heteroatoms. The van der Waals surface area contributed by atoms with Gasteiger partial charge in [-0.3, -0.25) is 4.79 Å². The van der Waals surface area contributed by atoms with Crippen LogP contribution in [0.1, 0.15) is 31.2 Å². The van der Waals surface area contributed by atoms with Crippen molar-refractivity contribution in [1.29, 1.82) is 0 Å². The van der Waals surface area contributed by atoms with E-state index in [1.807, 2.05) is 30.3 Å². The summed E-state index contributed by atoms with van der Waals surface area (Å²) in [5.74, 6) is 0.255. The van der Waals surface area contributed by atoms with Crippen molar-refractivity contribution in [2.45, 2.75) is 31.1 Å². The van der Waals surface area contributed by atoms with E-state index >= 15 is 0 Å². The summed E-state index contributed by atoms with van der Waals surface area (Å²) < 4.78 is 5.09. The van der Waals surface area contributed by atoms with Gasteiger partial charge >= 0.3 is 5.97 Å². The molecule has 126 valence electrons. The molecule has 0 unspecified atom stereocenters. The Balaban J connectivity index is 1.49. The van der Waals surface area contributed by atoms with Crippen LogP contribution >= 0.6 is 0 Å². The zero-order valence-electron chi connectivity index (χ0n) is 14.1. The minimum atomic E-state index is -0.422. The molecule has 1 aromatic carbocycles. The molecule has 0 aromatic heterocycles. The van der Waals surface area contributed by atoms with Gasteiger partial charge in [-0.2, -0.15) is 0 Å². The van der Waals surface area contributed by atoms with E-state index in [-0.39, 0.29) is 5.97 Å². The molecule has 2 aliphatic rings. The van der Waals surface area contributed by atoms with Crippen LogP contribution in [0.15, 0.2) is 30.3 Å². The van der Waals surface area contributed by atoms with Crippen LogP contribution in [0.3, 0.4) is 0 Å². The second kappa shape index (κ2) is 7.45. The lowest BCUT2D eigenvalue weighted by molar-refractivity contribution is -0.144. The molecular formula is C19H28N2O2. The molecule has 2 fully saturated rings. The molecule has 1 aromatic rings. The van der Waals surface area contributed by atoms with Crippen molar-refractivity contribution in [1.82, 2.24) is 10.2 Å². The van der Waals surface area contributed by atoms with Gasteiger partial charge in [0.25, 0.3) is 0 Å². The first-order valence-electron chi connectivity index (χ1n) is 8.84. The number of methoxy groups -OCH3 is 1. The summed E-state index contributed by atoms with van der Waals surface area (Å²) in [5, 5.41) is 3.55. The van der Waals surface area contributed by atoms with Crippen molar-refractivity contribution >= 4 is 5.97 Å². The monoisotopic (exact) mass is 316 g/mol. The van der Waals surface area contributed by atoms with Crippen molar-refractivity contribution in [3.05, 3.63) is 35.9 Å². The number of nitrogens with zero attached hydrogens (tertiary/aromatic N) is 1. The topological polar surface area (TPSA) is 41.6 Å². The normalized spacial score (nSPS) is 27.6. The van der Waals surface area contributed by atoms with Crippen molar-refractivity contribution in [3.63, 3.8) is 0 Å². The van der Waals surface area contributed by atoms with Gasteiger partial charge < -0.3 is 15.0 Å². The van der Waals surface area contributed by atoms with E-state index in [9.17, 15) is 4.79 Å². The Bertz CT molecular complexity index is 513. The van der Waals surface area contributed by atoms with Crippen molar-refractivity contribution in [2.24, 2.45) is 5.92 Å². The molecule has 3 rings (SSSR count). The zero-order chi connectivity index (χ0) is 16.1. The van der Waals surface area contributed by atoms with Gasteiger partial charge in [0.15, 0.2) is 0 Å². The van der Waals surface area contributed by atoms with Crippen LogP contribution in [-0.4, -0.2) is 50.7 Å². The Morgan fingerprint density at radius 2 is 2.00 bits per heavy atom. The predicted octanol–water partition coefficient (Wildman–Crippen LogP) is 2.19. The molecular weight excluding hydrogens is 288 g/mol. The van der Waals surface area contributed by atoms with Gasteiger partial charge in [-0.05, 0) is 50.4 Å². The van der Waals surface area contributed by atoms with Gasteiger partial charge in [0, 0.05) is 13.1 Å². The second-order valence-corrected chi connectivity index (χ2v) is 6.84. The fourth-order valence-corrected chi connectivity index (χ4v) is 3.91. The first-order chi connectivity index (χ1) is 11.3. The van der Waals surface area contributed by atoms with Crippen LogP contribution in [0.5, 0.6) is 0 Å². The molecule has 0 bridgehead atoms. The Labute approximate surface area is 139 Å². The molecule has 4 nitrogen and oxygen atoms in total. The van der Waals surface area contributed by atoms with Crippen LogP contribution in [0.2, 0.25) is 0 Å². The first kappa shape index (κ1) is 16.5. The average Bonchev–Trinajstić information content (AvgIpc) is 3.35. The maximum absolute atomic E-state index is 12.3. The molecule has 1 N–H and O–H groups in total. The van der Waals surface area contributed by atoms with E-state index in [4.69, 9.17) is 4.74 Å². The minimum absolute atomic E-state index is 0.0912. The number of carbonyl (C=O) groups is 1. The van der Waals surface area contributed by atoms with Crippen LogP contribution < -0.4 is 5.32 Å². The lowest BCUT2D eigenvalue weighted by atomic mass is 9.93. The maximum Gasteiger partial charge on any atom is 0.316 e. The molecule has 23 heavy (non-hydrogen) atoms. The van der Waals surface area contributed by atoms with Gasteiger partial charge in [-0.15, -0.1) is 0 Å². The van der Waals surface area contributed by atoms with E-state index in [0.717, 1.165) is 31.6 Å². The number of carbonyl (C=O) groups excluding carboxylic acids is 1. The number of piperidine rings is 1. The first-order valence-corrected chi connectivity index (χ1v) is 8.84. The molecule has 1 heterocycles. The zero-order valence-corrected chi connectivity index (χ0v) is 14.1. The summed E-state index contributed by atoms with van der Waals surface area (Å²) in [7, 11) is 1.49. The third kappa shape index (κ3) is 3.59. The highest BCUT2D eigenvalue weighted by atomic mass is 16.5. The van der Waals surface area contributed by atoms with Crippen LogP contribution in [0, 0.1) is 5.92 Å². The summed E-state index contributed by atoms with van der Waals surface area (Å²) in [6.45, 7) is 5.48. The number of esters is 1. The Hall–Kier alpha value is -1.39. The Morgan fingerprint density at radius 1 is 1.26 bits per heavy atom. The summed E-state index contributed by atoms with van der Waals surface area (Å²) in [4.78, 5) is 14.9. The van der Waals surface area contributed by atoms with Gasteiger partial charge in [-0.1, -0.05) is 36.8 Å². The van der Waals surface area contributed by atoms with Crippen molar-refractivity contribution < 1.29 is 9.53 Å². The number of rotatable bonds is 7. The average molecular weight is 316 g/mol. The number of benzene rings is 1. The van der Waals surface area contributed by atoms with Gasteiger partial charge in [0.1, 0.15) is 0 Å². The molecule has 0 radical (unpaired) electrons. The number of hydrogen-bond acceptors (Lipinski definition) is 4. The summed E-state index contributed by atoms with van der Waals surface area (Å²) in [6.07, 6.45) is 4.94. The summed E-state index contributed by atoms with van der Waals surface area (Å²) >= 11 is 0. The second-order valence-electron chi connectivity index (χ2n) is 6.84. The van der Waals surface area contributed by atoms with Crippen LogP contribution in [0.4, 0.5) is 0 Å². The number of nitrogens with one attached hydrogen (secondary N) is 1. The fourth-order valence-electron chi connectivity index (χ4n) is 3.91. The SMILES string of the molecule is COC(=O)[C@@]1(c2ccccc2)C[C@H]1CNCCN1CCCCC1. The maximum atomic E-state index is 12.3. The predicted molar refractivity (Wildman–Crippen MR) is 91.4 cm³/mol. The fraction of sp³-hybridized carbons (Fsp3) is 0.632. The lowest BCUT2D eigenvalue weighted by Crippen LogP contribution is -2.37. The van der Waals surface area contributed by atoms with E-state index in [1.54, 1.807) is 0 Å². The highest BCUT2D eigenvalue weighted by molar-refractivity contribution is 5.87. The molecule has 1 saturated heterocycles. The summed E-state index contributed by atoms with van der Waals surface area (Å²) in [5.41, 5.74) is 0.670. The minimum Gasteiger partial charge on any atom is -0.468 e. The number of ether oxygens (including phenoxy) is 1. The number of likely N-dealkylation sites (tertiary alicyclic amines) is 1. The van der Waals surface area contributed by atoms with Crippen LogP contribution in [0.25, 0.3) is 0 Å². The lowest BCUT2D eigenvalue weighted by Gasteiger charge is -2.26. The Kier molecular flexibility index (Phi) is 5.34. The van der Waals surface area contributed by atoms with Crippen molar-refractivity contribution in [3.8, 4) is 0 Å². The highest BCUT2D eigenvalue weighted by Crippen LogP contribution is 2.54. The third-order valence-corrected chi connectivity index (χ3v) is 5.39. The van der Waals surface area contributed by atoms with E-state index < -0.39 is 5.41 Å². The molecule has 0 amide bonds. The smallest absolute Gasteiger partial charge is 0.316 e. The standard InChI is InChI=1S/C19H28N2O2/c1-23-18(22)19(16-8-4-2-5-9-16)14-17(19)15-20-10-13-21-11-6-3-7-12-21/h2,4-5,8-9,17,20H,3,6-7,10-15H2,1H3/t17-,19+/m0/s1. The molecule has 2 atom stereocenters. The van der Waals surface area contributed by atoms with E-state index in [0.29, 0.717) is 5.92 Å². The molecule has 0 spiro atoms. The largest absolute Gasteiger partial charge is 0.468 e. The van der Waals surface area contributed by atoms with Crippen molar-refractivity contribution in [2.75, 3.05) is 39.8 Å². The van der Waals surface area contributed by atoms with Gasteiger partial charge in [0.05, 0.1) is 12.5 Å². The highest BCUT2D eigenvalue weighted by Gasteiger charge is 2.61. The molecule has 1 aliphatic carbocycles. The Morgan fingerprint density at radius 3 is 2.70 bits per heavy atom. The van der Waals surface area contributed by atoms with Gasteiger partial charge in [-0.25, -0.2) is 0 Å². The summed E-state index contributed by atoms with van der Waals surface area (Å²) in [6, 6.07) is 10.1. The number of hydrogen-bond donors (Lipinski definition) is 1. The van der Waals surface area contributed by atoms with Gasteiger partial charge in [0.2, 0.25) is 0 Å². The third-order valence-electron chi connectivity index (χ3n) is 5.39. The molecule has 1 aliphatic heterocycles. The quantitative estimate of drug-likeness (QED) is 0.618. The van der Waals surface area contributed by atoms with E-state index in [1.165, 1.54) is 39.5 Å². The van der Waals surface area contributed by atoms with Crippen LogP contribution in [-0.2, 0) is 14.9 Å². The molecule has 1 saturated carbocycles.